The molecule has 2 aliphatic heterocycles. The molecule has 14 heavy (non-hydrogen) atoms. The van der Waals surface area contributed by atoms with Crippen LogP contribution in [0.5, 0.6) is 0 Å². The number of likely N-dealkylation sites (N-methyl/N-ethyl adjacent to an activating group) is 1. The van der Waals surface area contributed by atoms with Crippen LogP contribution < -0.4 is 5.32 Å². The molecule has 2 aliphatic rings. The van der Waals surface area contributed by atoms with E-state index in [2.05, 4.69) is 29.2 Å². The molecule has 0 spiro atoms. The predicted molar refractivity (Wildman–Crippen MR) is 56.5 cm³/mol. The monoisotopic (exact) mass is 199 g/mol. The minimum atomic E-state index is 0.577. The van der Waals surface area contributed by atoms with Crippen molar-refractivity contribution in [3.63, 3.8) is 0 Å². The lowest BCUT2D eigenvalue weighted by atomic mass is 10.1. The Labute approximate surface area is 86.2 Å². The molecular weight excluding hydrogens is 178 g/mol. The van der Waals surface area contributed by atoms with E-state index in [1.807, 2.05) is 0 Å². The Morgan fingerprint density at radius 1 is 1.21 bits per heavy atom. The summed E-state index contributed by atoms with van der Waals surface area (Å²) in [4.78, 5) is 4.86. The van der Waals surface area contributed by atoms with Gasteiger partial charge in [0.1, 0.15) is 0 Å². The average molecular weight is 199 g/mol. The number of nitrogens with one attached hydrogen (secondary N) is 1. The third kappa shape index (κ3) is 2.08. The van der Waals surface area contributed by atoms with Crippen molar-refractivity contribution >= 4 is 0 Å². The van der Waals surface area contributed by atoms with Crippen LogP contribution in [0.4, 0.5) is 0 Å². The van der Waals surface area contributed by atoms with Crippen molar-refractivity contribution < 1.29 is 4.74 Å². The molecule has 0 aliphatic carbocycles. The van der Waals surface area contributed by atoms with Gasteiger partial charge in [-0.2, -0.15) is 0 Å². The van der Waals surface area contributed by atoms with Crippen molar-refractivity contribution in [2.24, 2.45) is 0 Å². The van der Waals surface area contributed by atoms with E-state index in [9.17, 15) is 0 Å². The number of nitrogens with zero attached hydrogens (tertiary/aromatic N) is 2. The molecule has 0 radical (unpaired) electrons. The van der Waals surface area contributed by atoms with Crippen molar-refractivity contribution in [2.45, 2.75) is 12.1 Å². The maximum absolute atomic E-state index is 5.58. The molecule has 2 rings (SSSR count). The Morgan fingerprint density at radius 2 is 1.93 bits per heavy atom. The fraction of sp³-hybridized carbons (Fsp3) is 1.00. The van der Waals surface area contributed by atoms with Gasteiger partial charge in [0.25, 0.3) is 0 Å². The van der Waals surface area contributed by atoms with Crippen LogP contribution in [-0.4, -0.2) is 75.4 Å². The number of hydrogen-bond acceptors (Lipinski definition) is 4. The van der Waals surface area contributed by atoms with E-state index in [4.69, 9.17) is 4.74 Å². The minimum absolute atomic E-state index is 0.577. The average Bonchev–Trinajstić information content (AvgIpc) is 2.67. The van der Waals surface area contributed by atoms with Crippen molar-refractivity contribution in [1.82, 2.24) is 15.1 Å². The van der Waals surface area contributed by atoms with Gasteiger partial charge in [0.2, 0.25) is 0 Å². The highest BCUT2D eigenvalue weighted by atomic mass is 16.5. The molecule has 1 N–H and O–H groups in total. The summed E-state index contributed by atoms with van der Waals surface area (Å²) >= 11 is 0. The lowest BCUT2D eigenvalue weighted by molar-refractivity contribution is 0.119. The summed E-state index contributed by atoms with van der Waals surface area (Å²) in [5, 5.41) is 3.39. The Balaban J connectivity index is 1.94. The Bertz CT molecular complexity index is 180. The summed E-state index contributed by atoms with van der Waals surface area (Å²) in [6.45, 7) is 6.37. The zero-order chi connectivity index (χ0) is 9.97. The lowest BCUT2D eigenvalue weighted by Gasteiger charge is -2.36. The Hall–Kier alpha value is -0.160. The van der Waals surface area contributed by atoms with Crippen molar-refractivity contribution in [2.75, 3.05) is 53.5 Å². The molecule has 4 heteroatoms. The second kappa shape index (κ2) is 4.57. The van der Waals surface area contributed by atoms with Crippen LogP contribution in [0.2, 0.25) is 0 Å². The normalized spacial score (nSPS) is 35.4. The van der Waals surface area contributed by atoms with Gasteiger partial charge in [0.15, 0.2) is 0 Å². The van der Waals surface area contributed by atoms with E-state index < -0.39 is 0 Å². The molecule has 2 fully saturated rings. The zero-order valence-electron chi connectivity index (χ0n) is 9.20. The topological polar surface area (TPSA) is 27.7 Å². The third-order valence-corrected chi connectivity index (χ3v) is 3.31. The zero-order valence-corrected chi connectivity index (χ0v) is 9.20. The van der Waals surface area contributed by atoms with Crippen molar-refractivity contribution in [3.8, 4) is 0 Å². The molecule has 0 bridgehead atoms. The van der Waals surface area contributed by atoms with Gasteiger partial charge in [0.05, 0.1) is 25.3 Å². The largest absolute Gasteiger partial charge is 0.378 e. The summed E-state index contributed by atoms with van der Waals surface area (Å²) < 4.78 is 5.58. The molecule has 0 amide bonds. The van der Waals surface area contributed by atoms with Crippen LogP contribution in [0, 0.1) is 0 Å². The molecule has 4 nitrogen and oxygen atoms in total. The second-order valence-electron chi connectivity index (χ2n) is 4.42. The smallest absolute Gasteiger partial charge is 0.0638 e. The lowest BCUT2D eigenvalue weighted by Crippen LogP contribution is -2.55. The van der Waals surface area contributed by atoms with Crippen LogP contribution >= 0.6 is 0 Å². The van der Waals surface area contributed by atoms with Crippen LogP contribution in [-0.2, 0) is 4.74 Å². The van der Waals surface area contributed by atoms with Crippen LogP contribution in [0.15, 0.2) is 0 Å². The van der Waals surface area contributed by atoms with Gasteiger partial charge in [-0.3, -0.25) is 4.90 Å². The first-order chi connectivity index (χ1) is 6.79. The summed E-state index contributed by atoms with van der Waals surface area (Å²) in [7, 11) is 4.29. The van der Waals surface area contributed by atoms with E-state index in [1.165, 1.54) is 13.1 Å². The van der Waals surface area contributed by atoms with E-state index >= 15 is 0 Å². The van der Waals surface area contributed by atoms with Gasteiger partial charge < -0.3 is 15.0 Å². The highest BCUT2D eigenvalue weighted by Crippen LogP contribution is 2.17. The van der Waals surface area contributed by atoms with Gasteiger partial charge in [-0.25, -0.2) is 0 Å². The first kappa shape index (κ1) is 10.4. The summed E-state index contributed by atoms with van der Waals surface area (Å²) in [5.74, 6) is 0. The molecule has 0 aromatic heterocycles. The molecule has 0 saturated carbocycles. The number of piperazine rings is 1. The standard InChI is InChI=1S/C10H21N3O/c1-12(2)9-7-14-8-10(9)13-5-3-11-4-6-13/h9-11H,3-8H2,1-2H3. The molecule has 82 valence electrons. The summed E-state index contributed by atoms with van der Waals surface area (Å²) in [6.07, 6.45) is 0. The summed E-state index contributed by atoms with van der Waals surface area (Å²) in [5.41, 5.74) is 0. The van der Waals surface area contributed by atoms with E-state index in [-0.39, 0.29) is 0 Å². The number of hydrogen-bond donors (Lipinski definition) is 1. The molecule has 2 heterocycles. The maximum atomic E-state index is 5.58. The van der Waals surface area contributed by atoms with E-state index in [1.54, 1.807) is 0 Å². The molecule has 2 atom stereocenters. The SMILES string of the molecule is CN(C)C1COCC1N1CCNCC1. The van der Waals surface area contributed by atoms with Crippen LogP contribution in [0.1, 0.15) is 0 Å². The number of ether oxygens (including phenoxy) is 1. The quantitative estimate of drug-likeness (QED) is 0.631. The molecular formula is C10H21N3O. The van der Waals surface area contributed by atoms with E-state index in [0.717, 1.165) is 26.3 Å². The van der Waals surface area contributed by atoms with Crippen molar-refractivity contribution in [3.05, 3.63) is 0 Å². The molecule has 2 unspecified atom stereocenters. The minimum Gasteiger partial charge on any atom is -0.378 e. The highest BCUT2D eigenvalue weighted by molar-refractivity contribution is 4.90. The third-order valence-electron chi connectivity index (χ3n) is 3.31. The van der Waals surface area contributed by atoms with Gasteiger partial charge in [0, 0.05) is 26.2 Å². The van der Waals surface area contributed by atoms with Crippen molar-refractivity contribution in [1.29, 1.82) is 0 Å². The van der Waals surface area contributed by atoms with Crippen LogP contribution in [0.25, 0.3) is 0 Å². The summed E-state index contributed by atoms with van der Waals surface area (Å²) in [6, 6.07) is 1.18. The fourth-order valence-corrected chi connectivity index (χ4v) is 2.39. The van der Waals surface area contributed by atoms with Gasteiger partial charge in [-0.1, -0.05) is 0 Å². The molecule has 0 aromatic rings. The van der Waals surface area contributed by atoms with Gasteiger partial charge >= 0.3 is 0 Å². The first-order valence-electron chi connectivity index (χ1n) is 5.48. The predicted octanol–water partition coefficient (Wildman–Crippen LogP) is -0.779. The Kier molecular flexibility index (Phi) is 3.38. The van der Waals surface area contributed by atoms with Gasteiger partial charge in [-0.05, 0) is 14.1 Å². The molecule has 2 saturated heterocycles. The van der Waals surface area contributed by atoms with E-state index in [0.29, 0.717) is 12.1 Å². The fourth-order valence-electron chi connectivity index (χ4n) is 2.39. The number of rotatable bonds is 2. The second-order valence-corrected chi connectivity index (χ2v) is 4.42. The maximum Gasteiger partial charge on any atom is 0.0638 e. The highest BCUT2D eigenvalue weighted by Gasteiger charge is 2.34. The molecule has 0 aromatic carbocycles. The Morgan fingerprint density at radius 3 is 2.57 bits per heavy atom. The van der Waals surface area contributed by atoms with Gasteiger partial charge in [-0.15, -0.1) is 0 Å². The van der Waals surface area contributed by atoms with Crippen LogP contribution in [0.3, 0.4) is 0 Å². The first-order valence-corrected chi connectivity index (χ1v) is 5.48.